The lowest BCUT2D eigenvalue weighted by atomic mass is 10.2. The lowest BCUT2D eigenvalue weighted by Gasteiger charge is -2.09. The molecule has 3 rings (SSSR count). The molecule has 0 spiro atoms. The molecule has 0 aliphatic rings. The fourth-order valence-electron chi connectivity index (χ4n) is 2.20. The van der Waals surface area contributed by atoms with E-state index >= 15 is 0 Å². The number of aryl methyl sites for hydroxylation is 2. The van der Waals surface area contributed by atoms with Crippen molar-refractivity contribution < 1.29 is 0 Å². The molecule has 0 bridgehead atoms. The van der Waals surface area contributed by atoms with Gasteiger partial charge in [0.15, 0.2) is 5.16 Å². The maximum atomic E-state index is 11.7. The molecule has 3 aromatic rings. The van der Waals surface area contributed by atoms with Crippen LogP contribution in [0.4, 0.5) is 0 Å². The summed E-state index contributed by atoms with van der Waals surface area (Å²) in [5, 5.41) is 9.01. The van der Waals surface area contributed by atoms with Gasteiger partial charge in [-0.1, -0.05) is 36.0 Å². The summed E-state index contributed by atoms with van der Waals surface area (Å²) in [5.74, 6) is 0.758. The quantitative estimate of drug-likeness (QED) is 0.679. The number of thioether (sulfide) groups is 1. The maximum Gasteiger partial charge on any atom is 0.250 e. The van der Waals surface area contributed by atoms with Crippen LogP contribution >= 0.6 is 11.8 Å². The molecule has 0 aliphatic heterocycles. The molecule has 0 N–H and O–H groups in total. The van der Waals surface area contributed by atoms with E-state index in [9.17, 15) is 4.79 Å². The van der Waals surface area contributed by atoms with Gasteiger partial charge in [0.25, 0.3) is 5.56 Å². The first-order valence-corrected chi connectivity index (χ1v) is 7.98. The Hall–Kier alpha value is -2.34. The second-order valence-corrected chi connectivity index (χ2v) is 5.91. The Morgan fingerprint density at radius 3 is 2.77 bits per heavy atom. The van der Waals surface area contributed by atoms with Gasteiger partial charge < -0.3 is 4.57 Å². The normalized spacial score (nSPS) is 10.8. The SMILES string of the molecule is Cc1ccccc1-n1cnnc1SCCn1ccccc1=O. The summed E-state index contributed by atoms with van der Waals surface area (Å²) in [4.78, 5) is 11.7. The Morgan fingerprint density at radius 2 is 1.95 bits per heavy atom. The number of benzene rings is 1. The molecule has 1 aromatic carbocycles. The maximum absolute atomic E-state index is 11.7. The highest BCUT2D eigenvalue weighted by molar-refractivity contribution is 7.99. The Balaban J connectivity index is 1.73. The van der Waals surface area contributed by atoms with Gasteiger partial charge in [0.1, 0.15) is 6.33 Å². The Kier molecular flexibility index (Phi) is 4.39. The zero-order valence-corrected chi connectivity index (χ0v) is 13.0. The van der Waals surface area contributed by atoms with E-state index < -0.39 is 0 Å². The molecular weight excluding hydrogens is 296 g/mol. The van der Waals surface area contributed by atoms with Gasteiger partial charge in [0, 0.05) is 24.6 Å². The highest BCUT2D eigenvalue weighted by Crippen LogP contribution is 2.21. The number of para-hydroxylation sites is 1. The summed E-state index contributed by atoms with van der Waals surface area (Å²) in [6, 6.07) is 13.3. The Labute approximate surface area is 132 Å². The van der Waals surface area contributed by atoms with E-state index in [4.69, 9.17) is 0 Å². The van der Waals surface area contributed by atoms with Crippen LogP contribution in [0, 0.1) is 6.92 Å². The van der Waals surface area contributed by atoms with Crippen molar-refractivity contribution in [3.05, 3.63) is 70.9 Å². The van der Waals surface area contributed by atoms with Crippen molar-refractivity contribution in [2.75, 3.05) is 5.75 Å². The first kappa shape index (κ1) is 14.6. The van der Waals surface area contributed by atoms with Gasteiger partial charge in [-0.05, 0) is 24.6 Å². The van der Waals surface area contributed by atoms with Gasteiger partial charge >= 0.3 is 0 Å². The van der Waals surface area contributed by atoms with E-state index in [2.05, 4.69) is 23.2 Å². The lowest BCUT2D eigenvalue weighted by Crippen LogP contribution is -2.18. The second-order valence-electron chi connectivity index (χ2n) is 4.85. The largest absolute Gasteiger partial charge is 0.315 e. The number of nitrogens with zero attached hydrogens (tertiary/aromatic N) is 4. The summed E-state index contributed by atoms with van der Waals surface area (Å²) < 4.78 is 3.68. The molecule has 0 atom stereocenters. The number of rotatable bonds is 5. The molecule has 2 aromatic heterocycles. The van der Waals surface area contributed by atoms with E-state index in [1.165, 1.54) is 5.56 Å². The zero-order valence-electron chi connectivity index (χ0n) is 12.2. The third kappa shape index (κ3) is 3.12. The van der Waals surface area contributed by atoms with Crippen molar-refractivity contribution in [1.82, 2.24) is 19.3 Å². The van der Waals surface area contributed by atoms with Crippen LogP contribution in [0.25, 0.3) is 5.69 Å². The third-order valence-corrected chi connectivity index (χ3v) is 4.28. The van der Waals surface area contributed by atoms with Crippen LogP contribution in [-0.2, 0) is 6.54 Å². The van der Waals surface area contributed by atoms with Crippen LogP contribution in [0.3, 0.4) is 0 Å². The topological polar surface area (TPSA) is 52.7 Å². The highest BCUT2D eigenvalue weighted by atomic mass is 32.2. The van der Waals surface area contributed by atoms with Gasteiger partial charge in [-0.15, -0.1) is 10.2 Å². The Bertz CT molecular complexity index is 825. The van der Waals surface area contributed by atoms with Crippen molar-refractivity contribution >= 4 is 11.8 Å². The first-order chi connectivity index (χ1) is 10.8. The fourth-order valence-corrected chi connectivity index (χ4v) is 3.06. The standard InChI is InChI=1S/C16H16N4OS/c1-13-6-2-3-7-14(13)20-12-17-18-16(20)22-11-10-19-9-5-4-8-15(19)21/h2-9,12H,10-11H2,1H3. The number of pyridine rings is 1. The van der Waals surface area contributed by atoms with Crippen molar-refractivity contribution in [1.29, 1.82) is 0 Å². The average Bonchev–Trinajstić information content (AvgIpc) is 2.98. The van der Waals surface area contributed by atoms with Crippen LogP contribution in [0.15, 0.2) is 64.9 Å². The molecular formula is C16H16N4OS. The van der Waals surface area contributed by atoms with Crippen molar-refractivity contribution in [2.45, 2.75) is 18.6 Å². The van der Waals surface area contributed by atoms with Crippen LogP contribution in [-0.4, -0.2) is 25.1 Å². The summed E-state index contributed by atoms with van der Waals surface area (Å²) in [6.07, 6.45) is 3.52. The van der Waals surface area contributed by atoms with E-state index in [1.54, 1.807) is 41.0 Å². The molecule has 0 unspecified atom stereocenters. The fraction of sp³-hybridized carbons (Fsp3) is 0.188. The molecule has 0 fully saturated rings. The number of aromatic nitrogens is 4. The summed E-state index contributed by atoms with van der Waals surface area (Å²) in [5.41, 5.74) is 2.26. The van der Waals surface area contributed by atoms with Crippen LogP contribution in [0.1, 0.15) is 5.56 Å². The van der Waals surface area contributed by atoms with E-state index in [-0.39, 0.29) is 5.56 Å². The van der Waals surface area contributed by atoms with E-state index in [1.807, 2.05) is 28.8 Å². The summed E-state index contributed by atoms with van der Waals surface area (Å²) in [7, 11) is 0. The predicted octanol–water partition coefficient (Wildman–Crippen LogP) is 2.53. The molecule has 0 amide bonds. The minimum atomic E-state index is 0.0171. The highest BCUT2D eigenvalue weighted by Gasteiger charge is 2.08. The third-order valence-electron chi connectivity index (χ3n) is 3.35. The molecule has 0 saturated carbocycles. The zero-order chi connectivity index (χ0) is 15.4. The second kappa shape index (κ2) is 6.62. The van der Waals surface area contributed by atoms with Crippen molar-refractivity contribution in [3.8, 4) is 5.69 Å². The molecule has 0 aliphatic carbocycles. The van der Waals surface area contributed by atoms with Gasteiger partial charge in [0.2, 0.25) is 0 Å². The smallest absolute Gasteiger partial charge is 0.250 e. The van der Waals surface area contributed by atoms with Gasteiger partial charge in [0.05, 0.1) is 5.69 Å². The number of hydrogen-bond acceptors (Lipinski definition) is 4. The van der Waals surface area contributed by atoms with E-state index in [0.717, 1.165) is 16.6 Å². The minimum Gasteiger partial charge on any atom is -0.315 e. The average molecular weight is 312 g/mol. The predicted molar refractivity (Wildman–Crippen MR) is 87.5 cm³/mol. The molecule has 112 valence electrons. The lowest BCUT2D eigenvalue weighted by molar-refractivity contribution is 0.733. The minimum absolute atomic E-state index is 0.0171. The van der Waals surface area contributed by atoms with Crippen LogP contribution in [0.2, 0.25) is 0 Å². The van der Waals surface area contributed by atoms with Crippen molar-refractivity contribution in [3.63, 3.8) is 0 Å². The molecule has 0 radical (unpaired) electrons. The molecule has 2 heterocycles. The number of hydrogen-bond donors (Lipinski definition) is 0. The van der Waals surface area contributed by atoms with Gasteiger partial charge in [-0.3, -0.25) is 9.36 Å². The van der Waals surface area contributed by atoms with E-state index in [0.29, 0.717) is 6.54 Å². The van der Waals surface area contributed by atoms with Crippen LogP contribution in [0.5, 0.6) is 0 Å². The molecule has 6 heteroatoms. The van der Waals surface area contributed by atoms with Crippen molar-refractivity contribution in [2.24, 2.45) is 0 Å². The summed E-state index contributed by atoms with van der Waals surface area (Å²) in [6.45, 7) is 2.71. The molecule has 22 heavy (non-hydrogen) atoms. The monoisotopic (exact) mass is 312 g/mol. The first-order valence-electron chi connectivity index (χ1n) is 7.00. The molecule has 5 nitrogen and oxygen atoms in total. The Morgan fingerprint density at radius 1 is 1.14 bits per heavy atom. The summed E-state index contributed by atoms with van der Waals surface area (Å²) >= 11 is 1.59. The van der Waals surface area contributed by atoms with Gasteiger partial charge in [-0.25, -0.2) is 0 Å². The van der Waals surface area contributed by atoms with Crippen LogP contribution < -0.4 is 5.56 Å². The van der Waals surface area contributed by atoms with Gasteiger partial charge in [-0.2, -0.15) is 0 Å². The molecule has 0 saturated heterocycles.